The molecule has 0 aliphatic rings. The first-order chi connectivity index (χ1) is 8.34. The molecule has 5 heteroatoms. The molecular weight excluding hydrogens is 214 g/mol. The largest absolute Gasteiger partial charge is 0.383 e. The van der Waals surface area contributed by atoms with Crippen molar-refractivity contribution in [1.29, 1.82) is 0 Å². The van der Waals surface area contributed by atoms with Crippen molar-refractivity contribution in [2.45, 2.75) is 0 Å². The number of nitrogens with two attached hydrogens (primary N) is 1. The molecule has 0 aliphatic carbocycles. The quantitative estimate of drug-likeness (QED) is 0.674. The maximum atomic E-state index is 5.87. The summed E-state index contributed by atoms with van der Waals surface area (Å²) in [7, 11) is 0. The van der Waals surface area contributed by atoms with Crippen LogP contribution in [-0.4, -0.2) is 19.9 Å². The van der Waals surface area contributed by atoms with Gasteiger partial charge in [0.15, 0.2) is 11.6 Å². The average molecular weight is 222 g/mol. The fraction of sp³-hybridized carbons (Fsp3) is 0. The first-order valence-corrected chi connectivity index (χ1v) is 5.05. The van der Waals surface area contributed by atoms with E-state index in [1.54, 1.807) is 30.6 Å². The lowest BCUT2D eigenvalue weighted by Crippen LogP contribution is -1.99. The topological polar surface area (TPSA) is 77.6 Å². The molecule has 2 heterocycles. The molecule has 0 unspecified atom stereocenters. The van der Waals surface area contributed by atoms with Gasteiger partial charge < -0.3 is 5.73 Å². The van der Waals surface area contributed by atoms with Crippen molar-refractivity contribution in [1.82, 2.24) is 19.9 Å². The summed E-state index contributed by atoms with van der Waals surface area (Å²) in [6.45, 7) is 0. The smallest absolute Gasteiger partial charge is 0.200 e. The second-order valence-electron chi connectivity index (χ2n) is 3.45. The monoisotopic (exact) mass is 222 g/mol. The third-order valence-corrected chi connectivity index (χ3v) is 2.34. The van der Waals surface area contributed by atoms with Crippen LogP contribution in [0.3, 0.4) is 0 Å². The molecule has 2 N–H and O–H groups in total. The molecule has 0 amide bonds. The molecule has 3 rings (SSSR count). The molecule has 17 heavy (non-hydrogen) atoms. The van der Waals surface area contributed by atoms with Crippen LogP contribution < -0.4 is 5.73 Å². The van der Waals surface area contributed by atoms with Gasteiger partial charge in [-0.1, -0.05) is 6.07 Å². The number of nitrogen functional groups attached to an aromatic ring is 1. The highest BCUT2D eigenvalue weighted by Crippen LogP contribution is 2.20. The molecule has 3 aromatic rings. The van der Waals surface area contributed by atoms with Crippen LogP contribution in [-0.2, 0) is 0 Å². The van der Waals surface area contributed by atoms with Gasteiger partial charge in [-0.25, -0.2) is 19.9 Å². The van der Waals surface area contributed by atoms with Gasteiger partial charge in [0.05, 0.1) is 5.52 Å². The van der Waals surface area contributed by atoms with Crippen molar-refractivity contribution in [2.24, 2.45) is 0 Å². The predicted molar refractivity (Wildman–Crippen MR) is 63.8 cm³/mol. The second kappa shape index (κ2) is 3.79. The maximum absolute atomic E-state index is 5.87. The summed E-state index contributed by atoms with van der Waals surface area (Å²) in [5.74, 6) is 1.31. The highest BCUT2D eigenvalue weighted by atomic mass is 15.0. The standard InChI is InChI=1S/C12H8N5/c13-10-8-4-1-2-5-9(8)16-12(17-10)11-14-6-3-7-15-11/h1,3-7H,(H2,13,16,17). The van der Waals surface area contributed by atoms with E-state index in [-0.39, 0.29) is 0 Å². The van der Waals surface area contributed by atoms with E-state index in [0.717, 1.165) is 10.9 Å². The molecule has 0 saturated heterocycles. The second-order valence-corrected chi connectivity index (χ2v) is 3.45. The summed E-state index contributed by atoms with van der Waals surface area (Å²) in [5.41, 5.74) is 6.61. The number of aromatic nitrogens is 4. The summed E-state index contributed by atoms with van der Waals surface area (Å²) < 4.78 is 0. The minimum absolute atomic E-state index is 0.423. The van der Waals surface area contributed by atoms with Gasteiger partial charge in [-0.15, -0.1) is 0 Å². The summed E-state index contributed by atoms with van der Waals surface area (Å²) in [4.78, 5) is 16.7. The van der Waals surface area contributed by atoms with Crippen LogP contribution in [0.5, 0.6) is 0 Å². The van der Waals surface area contributed by atoms with Crippen molar-refractivity contribution in [3.63, 3.8) is 0 Å². The van der Waals surface area contributed by atoms with Gasteiger partial charge in [0, 0.05) is 17.8 Å². The van der Waals surface area contributed by atoms with Gasteiger partial charge in [0.1, 0.15) is 5.82 Å². The minimum Gasteiger partial charge on any atom is -0.383 e. The third-order valence-electron chi connectivity index (χ3n) is 2.34. The molecule has 0 saturated carbocycles. The zero-order chi connectivity index (χ0) is 11.7. The Morgan fingerprint density at radius 2 is 1.88 bits per heavy atom. The number of fused-ring (bicyclic) bond motifs is 1. The van der Waals surface area contributed by atoms with Gasteiger partial charge in [0.2, 0.25) is 0 Å². The first-order valence-electron chi connectivity index (χ1n) is 5.05. The fourth-order valence-electron chi connectivity index (χ4n) is 1.56. The van der Waals surface area contributed by atoms with Crippen LogP contribution in [0.15, 0.2) is 36.7 Å². The van der Waals surface area contributed by atoms with Crippen molar-refractivity contribution < 1.29 is 0 Å². The Morgan fingerprint density at radius 3 is 2.71 bits per heavy atom. The summed E-state index contributed by atoms with van der Waals surface area (Å²) >= 11 is 0. The van der Waals surface area contributed by atoms with E-state index >= 15 is 0 Å². The molecule has 0 atom stereocenters. The minimum atomic E-state index is 0.423. The zero-order valence-electron chi connectivity index (χ0n) is 8.83. The van der Waals surface area contributed by atoms with E-state index in [9.17, 15) is 0 Å². The van der Waals surface area contributed by atoms with Crippen LogP contribution in [0.25, 0.3) is 22.6 Å². The summed E-state index contributed by atoms with van der Waals surface area (Å²) in [6, 6.07) is 10.1. The van der Waals surface area contributed by atoms with Crippen LogP contribution in [0.4, 0.5) is 5.82 Å². The van der Waals surface area contributed by atoms with Gasteiger partial charge >= 0.3 is 0 Å². The van der Waals surface area contributed by atoms with Crippen molar-refractivity contribution in [3.05, 3.63) is 42.7 Å². The highest BCUT2D eigenvalue weighted by molar-refractivity contribution is 5.88. The Balaban J connectivity index is 2.26. The van der Waals surface area contributed by atoms with Crippen molar-refractivity contribution in [3.8, 4) is 11.6 Å². The zero-order valence-corrected chi connectivity index (χ0v) is 8.83. The molecular formula is C12H8N5. The van der Waals surface area contributed by atoms with Gasteiger partial charge in [-0.05, 0) is 24.3 Å². The normalized spacial score (nSPS) is 10.6. The molecule has 81 valence electrons. The van der Waals surface area contributed by atoms with Crippen LogP contribution >= 0.6 is 0 Å². The highest BCUT2D eigenvalue weighted by Gasteiger charge is 2.08. The van der Waals surface area contributed by atoms with E-state index in [1.807, 2.05) is 6.07 Å². The van der Waals surface area contributed by atoms with E-state index < -0.39 is 0 Å². The average Bonchev–Trinajstić information content (AvgIpc) is 2.40. The number of rotatable bonds is 1. The number of benzene rings is 1. The SMILES string of the molecule is Nc1nc(-c2ncccn2)nc2c[c]ccc12. The Bertz CT molecular complexity index is 666. The number of nitrogens with zero attached hydrogens (tertiary/aromatic N) is 4. The van der Waals surface area contributed by atoms with Crippen LogP contribution in [0.2, 0.25) is 0 Å². The van der Waals surface area contributed by atoms with E-state index in [0.29, 0.717) is 17.5 Å². The lowest BCUT2D eigenvalue weighted by atomic mass is 10.2. The molecule has 1 radical (unpaired) electrons. The molecule has 0 aliphatic heterocycles. The Kier molecular flexibility index (Phi) is 2.15. The van der Waals surface area contributed by atoms with Gasteiger partial charge in [-0.3, -0.25) is 0 Å². The number of hydrogen-bond donors (Lipinski definition) is 1. The Labute approximate surface area is 97.4 Å². The number of anilines is 1. The molecule has 0 fully saturated rings. The Morgan fingerprint density at radius 1 is 1.06 bits per heavy atom. The Hall–Kier alpha value is -2.56. The fourth-order valence-corrected chi connectivity index (χ4v) is 1.56. The maximum Gasteiger partial charge on any atom is 0.200 e. The lowest BCUT2D eigenvalue weighted by molar-refractivity contribution is 1.10. The molecule has 0 spiro atoms. The van der Waals surface area contributed by atoms with E-state index in [2.05, 4.69) is 26.0 Å². The molecule has 5 nitrogen and oxygen atoms in total. The van der Waals surface area contributed by atoms with Crippen LogP contribution in [0.1, 0.15) is 0 Å². The van der Waals surface area contributed by atoms with E-state index in [1.165, 1.54) is 0 Å². The molecule has 1 aromatic carbocycles. The summed E-state index contributed by atoms with van der Waals surface area (Å²) in [6.07, 6.45) is 3.28. The molecule has 2 aromatic heterocycles. The van der Waals surface area contributed by atoms with Gasteiger partial charge in [0.25, 0.3) is 0 Å². The van der Waals surface area contributed by atoms with Gasteiger partial charge in [-0.2, -0.15) is 0 Å². The molecule has 0 bridgehead atoms. The summed E-state index contributed by atoms with van der Waals surface area (Å²) in [5, 5.41) is 0.809. The predicted octanol–water partition coefficient (Wildman–Crippen LogP) is 1.47. The van der Waals surface area contributed by atoms with Crippen LogP contribution in [0, 0.1) is 6.07 Å². The van der Waals surface area contributed by atoms with Crippen molar-refractivity contribution >= 4 is 16.7 Å². The van der Waals surface area contributed by atoms with E-state index in [4.69, 9.17) is 5.73 Å². The lowest BCUT2D eigenvalue weighted by Gasteiger charge is -2.03. The third kappa shape index (κ3) is 1.67. The number of hydrogen-bond acceptors (Lipinski definition) is 5. The van der Waals surface area contributed by atoms with Crippen molar-refractivity contribution in [2.75, 3.05) is 5.73 Å². The first kappa shape index (κ1) is 9.65.